The molecule has 0 saturated carbocycles. The monoisotopic (exact) mass is 358 g/mol. The number of methoxy groups -OCH3 is 1. The molecule has 2 heterocycles. The fourth-order valence-corrected chi connectivity index (χ4v) is 3.65. The van der Waals surface area contributed by atoms with Crippen molar-refractivity contribution in [3.8, 4) is 11.5 Å². The maximum atomic E-state index is 13.9. The smallest absolute Gasteiger partial charge is 0.189 e. The van der Waals surface area contributed by atoms with Crippen LogP contribution in [0.25, 0.3) is 0 Å². The van der Waals surface area contributed by atoms with Crippen molar-refractivity contribution < 1.29 is 18.6 Å². The third-order valence-corrected chi connectivity index (χ3v) is 4.94. The van der Waals surface area contributed by atoms with E-state index < -0.39 is 0 Å². The Balaban J connectivity index is 1.44. The summed E-state index contributed by atoms with van der Waals surface area (Å²) in [6.07, 6.45) is 0. The minimum Gasteiger partial charge on any atom is -0.495 e. The number of piperazine rings is 1. The third-order valence-electron chi connectivity index (χ3n) is 4.94. The van der Waals surface area contributed by atoms with Gasteiger partial charge in [-0.2, -0.15) is 0 Å². The summed E-state index contributed by atoms with van der Waals surface area (Å²) in [4.78, 5) is 4.67. The zero-order valence-corrected chi connectivity index (χ0v) is 14.9. The van der Waals surface area contributed by atoms with E-state index in [4.69, 9.17) is 14.2 Å². The van der Waals surface area contributed by atoms with Crippen LogP contribution in [0.1, 0.15) is 11.1 Å². The van der Waals surface area contributed by atoms with E-state index in [1.54, 1.807) is 13.2 Å². The summed E-state index contributed by atoms with van der Waals surface area (Å²) >= 11 is 0. The molecule has 0 N–H and O–H groups in total. The number of rotatable bonds is 4. The lowest BCUT2D eigenvalue weighted by Crippen LogP contribution is -2.46. The fraction of sp³-hybridized carbons (Fsp3) is 0.400. The Morgan fingerprint density at radius 1 is 1.12 bits per heavy atom. The van der Waals surface area contributed by atoms with Crippen LogP contribution in [0.2, 0.25) is 0 Å². The molecule has 0 aliphatic carbocycles. The van der Waals surface area contributed by atoms with Gasteiger partial charge in [0.1, 0.15) is 17.3 Å². The molecule has 0 unspecified atom stereocenters. The number of nitrogens with zero attached hydrogens (tertiary/aromatic N) is 2. The molecule has 0 aromatic heterocycles. The fourth-order valence-electron chi connectivity index (χ4n) is 3.65. The molecular weight excluding hydrogens is 335 g/mol. The van der Waals surface area contributed by atoms with Crippen LogP contribution < -0.4 is 14.4 Å². The Morgan fingerprint density at radius 2 is 1.92 bits per heavy atom. The molecule has 2 aromatic carbocycles. The molecule has 2 aliphatic rings. The van der Waals surface area contributed by atoms with E-state index in [2.05, 4.69) is 15.9 Å². The van der Waals surface area contributed by atoms with Crippen LogP contribution in [0.4, 0.5) is 10.1 Å². The van der Waals surface area contributed by atoms with Crippen LogP contribution in [0.15, 0.2) is 36.4 Å². The average molecular weight is 358 g/mol. The second kappa shape index (κ2) is 7.51. The van der Waals surface area contributed by atoms with Crippen LogP contribution >= 0.6 is 0 Å². The van der Waals surface area contributed by atoms with Crippen LogP contribution in [0.3, 0.4) is 0 Å². The van der Waals surface area contributed by atoms with Crippen LogP contribution in [-0.2, 0) is 17.9 Å². The van der Waals surface area contributed by atoms with E-state index in [-0.39, 0.29) is 12.6 Å². The van der Waals surface area contributed by atoms with Gasteiger partial charge in [-0.1, -0.05) is 12.1 Å². The van der Waals surface area contributed by atoms with Gasteiger partial charge in [-0.25, -0.2) is 4.39 Å². The Kier molecular flexibility index (Phi) is 4.95. The molecule has 0 radical (unpaired) electrons. The molecule has 26 heavy (non-hydrogen) atoms. The maximum absolute atomic E-state index is 13.9. The summed E-state index contributed by atoms with van der Waals surface area (Å²) in [6.45, 7) is 4.93. The lowest BCUT2D eigenvalue weighted by atomic mass is 10.1. The molecule has 0 amide bonds. The highest BCUT2D eigenvalue weighted by molar-refractivity contribution is 5.58. The van der Waals surface area contributed by atoms with Gasteiger partial charge in [-0.15, -0.1) is 0 Å². The van der Waals surface area contributed by atoms with Gasteiger partial charge in [-0.3, -0.25) is 4.90 Å². The molecule has 2 aromatic rings. The highest BCUT2D eigenvalue weighted by atomic mass is 19.1. The van der Waals surface area contributed by atoms with Gasteiger partial charge >= 0.3 is 0 Å². The van der Waals surface area contributed by atoms with E-state index in [0.717, 1.165) is 54.5 Å². The average Bonchev–Trinajstić information content (AvgIpc) is 2.68. The topological polar surface area (TPSA) is 34.2 Å². The quantitative estimate of drug-likeness (QED) is 0.839. The molecule has 6 heteroatoms. The predicted molar refractivity (Wildman–Crippen MR) is 97.2 cm³/mol. The van der Waals surface area contributed by atoms with Crippen molar-refractivity contribution in [3.05, 3.63) is 53.3 Å². The number of benzene rings is 2. The Labute approximate surface area is 152 Å². The lowest BCUT2D eigenvalue weighted by Gasteiger charge is -2.37. The van der Waals surface area contributed by atoms with E-state index in [1.807, 2.05) is 18.2 Å². The van der Waals surface area contributed by atoms with Crippen LogP contribution in [0, 0.1) is 5.82 Å². The zero-order chi connectivity index (χ0) is 17.9. The van der Waals surface area contributed by atoms with Crippen molar-refractivity contribution in [2.45, 2.75) is 13.2 Å². The molecule has 1 fully saturated rings. The van der Waals surface area contributed by atoms with Gasteiger partial charge in [0.05, 0.1) is 19.4 Å². The minimum absolute atomic E-state index is 0.229. The normalized spacial score (nSPS) is 17.5. The van der Waals surface area contributed by atoms with Crippen molar-refractivity contribution in [1.82, 2.24) is 4.90 Å². The first kappa shape index (κ1) is 17.1. The first-order valence-electron chi connectivity index (χ1n) is 8.87. The Morgan fingerprint density at radius 3 is 2.73 bits per heavy atom. The van der Waals surface area contributed by atoms with Gasteiger partial charge < -0.3 is 19.1 Å². The Hall–Kier alpha value is -2.31. The summed E-state index contributed by atoms with van der Waals surface area (Å²) in [5.41, 5.74) is 2.81. The number of hydrogen-bond donors (Lipinski definition) is 0. The summed E-state index contributed by atoms with van der Waals surface area (Å²) in [7, 11) is 1.70. The SMILES string of the molecule is COc1ccccc1N1CCN(Cc2cc(F)cc3c2OCOC3)CC1. The van der Waals surface area contributed by atoms with Crippen molar-refractivity contribution in [2.24, 2.45) is 0 Å². The number of hydrogen-bond acceptors (Lipinski definition) is 5. The van der Waals surface area contributed by atoms with Gasteiger partial charge in [0.15, 0.2) is 6.79 Å². The number of anilines is 1. The van der Waals surface area contributed by atoms with E-state index >= 15 is 0 Å². The standard InChI is InChI=1S/C20H23FN2O3/c1-24-19-5-3-2-4-18(19)23-8-6-22(7-9-23)12-15-10-17(21)11-16-13-25-14-26-20(15)16/h2-5,10-11H,6-9,12-14H2,1H3. The number of para-hydroxylation sites is 2. The summed E-state index contributed by atoms with van der Waals surface area (Å²) < 4.78 is 30.3. The molecule has 1 saturated heterocycles. The Bertz CT molecular complexity index is 776. The highest BCUT2D eigenvalue weighted by Crippen LogP contribution is 2.32. The first-order chi connectivity index (χ1) is 12.7. The predicted octanol–water partition coefficient (Wildman–Crippen LogP) is 3.02. The molecule has 5 nitrogen and oxygen atoms in total. The number of halogens is 1. The summed E-state index contributed by atoms with van der Waals surface area (Å²) in [5.74, 6) is 1.44. The van der Waals surface area contributed by atoms with Crippen LogP contribution in [-0.4, -0.2) is 45.0 Å². The molecule has 0 atom stereocenters. The molecule has 138 valence electrons. The molecule has 4 rings (SSSR count). The van der Waals surface area contributed by atoms with Gasteiger partial charge in [0.2, 0.25) is 0 Å². The van der Waals surface area contributed by atoms with Crippen molar-refractivity contribution in [2.75, 3.05) is 45.0 Å². The summed E-state index contributed by atoms with van der Waals surface area (Å²) in [5, 5.41) is 0. The summed E-state index contributed by atoms with van der Waals surface area (Å²) in [6, 6.07) is 11.2. The van der Waals surface area contributed by atoms with Crippen LogP contribution in [0.5, 0.6) is 11.5 Å². The zero-order valence-electron chi connectivity index (χ0n) is 14.9. The van der Waals surface area contributed by atoms with E-state index in [9.17, 15) is 4.39 Å². The first-order valence-corrected chi connectivity index (χ1v) is 8.87. The second-order valence-electron chi connectivity index (χ2n) is 6.60. The van der Waals surface area contributed by atoms with Gasteiger partial charge in [0, 0.05) is 43.9 Å². The van der Waals surface area contributed by atoms with Crippen molar-refractivity contribution in [1.29, 1.82) is 0 Å². The third kappa shape index (κ3) is 3.48. The molecular formula is C20H23FN2O3. The maximum Gasteiger partial charge on any atom is 0.189 e. The largest absolute Gasteiger partial charge is 0.495 e. The lowest BCUT2D eigenvalue weighted by molar-refractivity contribution is -0.0177. The molecule has 0 spiro atoms. The van der Waals surface area contributed by atoms with E-state index in [1.165, 1.54) is 6.07 Å². The highest BCUT2D eigenvalue weighted by Gasteiger charge is 2.23. The van der Waals surface area contributed by atoms with Crippen molar-refractivity contribution >= 4 is 5.69 Å². The second-order valence-corrected chi connectivity index (χ2v) is 6.60. The minimum atomic E-state index is -0.236. The number of fused-ring (bicyclic) bond motifs is 1. The molecule has 0 bridgehead atoms. The van der Waals surface area contributed by atoms with Gasteiger partial charge in [0.25, 0.3) is 0 Å². The van der Waals surface area contributed by atoms with Gasteiger partial charge in [-0.05, 0) is 24.3 Å². The van der Waals surface area contributed by atoms with E-state index in [0.29, 0.717) is 13.2 Å². The van der Waals surface area contributed by atoms with Crippen molar-refractivity contribution in [3.63, 3.8) is 0 Å². The molecule has 2 aliphatic heterocycles. The number of ether oxygens (including phenoxy) is 3.